The zero-order chi connectivity index (χ0) is 26.1. The molecule has 0 fully saturated rings. The van der Waals surface area contributed by atoms with Gasteiger partial charge >= 0.3 is 0 Å². The molecule has 36 heavy (non-hydrogen) atoms. The van der Waals surface area contributed by atoms with Crippen LogP contribution in [0.4, 0.5) is 11.5 Å². The molecular weight excluding hydrogens is 478 g/mol. The first-order valence-corrected chi connectivity index (χ1v) is 12.0. The molecule has 3 rings (SSSR count). The summed E-state index contributed by atoms with van der Waals surface area (Å²) in [5, 5.41) is 10.7. The van der Waals surface area contributed by atoms with Crippen LogP contribution in [0.1, 0.15) is 30.6 Å². The van der Waals surface area contributed by atoms with Crippen LogP contribution in [-0.2, 0) is 11.8 Å². The number of nitrogens with one attached hydrogen (secondary N) is 2. The van der Waals surface area contributed by atoms with E-state index < -0.39 is 0 Å². The first kappa shape index (κ1) is 26.7. The Labute approximate surface area is 215 Å². The van der Waals surface area contributed by atoms with E-state index in [4.69, 9.17) is 22.1 Å². The van der Waals surface area contributed by atoms with E-state index in [1.54, 1.807) is 73.3 Å². The maximum atomic E-state index is 12.8. The number of allylic oxidation sites excluding steroid dienone is 2. The van der Waals surface area contributed by atoms with Crippen LogP contribution in [0, 0.1) is 0 Å². The molecule has 0 aliphatic carbocycles. The highest BCUT2D eigenvalue weighted by molar-refractivity contribution is 6.36. The van der Waals surface area contributed by atoms with Crippen molar-refractivity contribution in [2.75, 3.05) is 23.8 Å². The van der Waals surface area contributed by atoms with E-state index in [-0.39, 0.29) is 11.8 Å². The predicted octanol–water partition coefficient (Wildman–Crippen LogP) is 5.09. The van der Waals surface area contributed by atoms with E-state index in [1.165, 1.54) is 0 Å². The third-order valence-electron chi connectivity index (χ3n) is 5.21. The minimum atomic E-state index is -0.281. The fourth-order valence-electron chi connectivity index (χ4n) is 3.40. The SMILES string of the molecule is C/C=C(Cl)\C(=C/CC)C(=O)Nc1ccc(-c2cc(NC(=O)c3cccc(OCCN)c3)n(C)n2)cc1. The van der Waals surface area contributed by atoms with Gasteiger partial charge in [0.2, 0.25) is 0 Å². The number of benzene rings is 2. The average Bonchev–Trinajstić information content (AvgIpc) is 3.25. The van der Waals surface area contributed by atoms with Gasteiger partial charge < -0.3 is 21.1 Å². The van der Waals surface area contributed by atoms with Crippen molar-refractivity contribution in [2.24, 2.45) is 12.8 Å². The summed E-state index contributed by atoms with van der Waals surface area (Å²) in [5.41, 5.74) is 8.51. The molecule has 0 spiro atoms. The van der Waals surface area contributed by atoms with Crippen LogP contribution < -0.4 is 21.1 Å². The lowest BCUT2D eigenvalue weighted by atomic mass is 10.1. The van der Waals surface area contributed by atoms with Gasteiger partial charge in [-0.2, -0.15) is 5.10 Å². The number of anilines is 2. The molecule has 0 bridgehead atoms. The van der Waals surface area contributed by atoms with E-state index in [0.29, 0.717) is 58.7 Å². The number of nitrogens with zero attached hydrogens (tertiary/aromatic N) is 2. The van der Waals surface area contributed by atoms with Crippen LogP contribution in [0.25, 0.3) is 11.3 Å². The van der Waals surface area contributed by atoms with Gasteiger partial charge in [-0.3, -0.25) is 14.3 Å². The number of nitrogens with two attached hydrogens (primary N) is 1. The number of aryl methyl sites for hydroxylation is 1. The summed E-state index contributed by atoms with van der Waals surface area (Å²) in [7, 11) is 1.75. The molecule has 2 amide bonds. The second kappa shape index (κ2) is 12.7. The van der Waals surface area contributed by atoms with Crippen LogP contribution >= 0.6 is 11.6 Å². The number of ether oxygens (including phenoxy) is 1. The molecule has 1 heterocycles. The van der Waals surface area contributed by atoms with Crippen LogP contribution in [0.3, 0.4) is 0 Å². The smallest absolute Gasteiger partial charge is 0.256 e. The van der Waals surface area contributed by atoms with Gasteiger partial charge in [-0.1, -0.05) is 48.9 Å². The highest BCUT2D eigenvalue weighted by Gasteiger charge is 2.14. The Morgan fingerprint density at radius 2 is 1.89 bits per heavy atom. The van der Waals surface area contributed by atoms with Gasteiger partial charge in [0.25, 0.3) is 11.8 Å². The maximum absolute atomic E-state index is 12.8. The summed E-state index contributed by atoms with van der Waals surface area (Å²) in [6.45, 7) is 4.49. The van der Waals surface area contributed by atoms with Crippen molar-refractivity contribution in [1.82, 2.24) is 9.78 Å². The van der Waals surface area contributed by atoms with Crippen molar-refractivity contribution in [3.05, 3.63) is 82.9 Å². The molecule has 8 nitrogen and oxygen atoms in total. The lowest BCUT2D eigenvalue weighted by Crippen LogP contribution is -2.15. The summed E-state index contributed by atoms with van der Waals surface area (Å²) in [6, 6.07) is 16.0. The average molecular weight is 508 g/mol. The lowest BCUT2D eigenvalue weighted by Gasteiger charge is -2.09. The molecule has 188 valence electrons. The van der Waals surface area contributed by atoms with E-state index in [9.17, 15) is 9.59 Å². The third kappa shape index (κ3) is 6.84. The second-order valence-corrected chi connectivity index (χ2v) is 8.26. The number of hydrogen-bond acceptors (Lipinski definition) is 5. The Hall–Kier alpha value is -3.88. The van der Waals surface area contributed by atoms with Crippen molar-refractivity contribution in [2.45, 2.75) is 20.3 Å². The van der Waals surface area contributed by atoms with E-state index in [2.05, 4.69) is 15.7 Å². The topological polar surface area (TPSA) is 111 Å². The molecule has 3 aromatic rings. The van der Waals surface area contributed by atoms with Gasteiger partial charge in [0, 0.05) is 41.5 Å². The van der Waals surface area contributed by atoms with Gasteiger partial charge in [-0.25, -0.2) is 0 Å². The Kier molecular flexibility index (Phi) is 9.44. The molecule has 0 radical (unpaired) electrons. The summed E-state index contributed by atoms with van der Waals surface area (Å²) >= 11 is 6.18. The van der Waals surface area contributed by atoms with Crippen LogP contribution in [0.15, 0.2) is 77.4 Å². The maximum Gasteiger partial charge on any atom is 0.256 e. The van der Waals surface area contributed by atoms with Gasteiger partial charge in [0.05, 0.1) is 11.3 Å². The van der Waals surface area contributed by atoms with Crippen molar-refractivity contribution in [3.63, 3.8) is 0 Å². The zero-order valence-electron chi connectivity index (χ0n) is 20.5. The minimum Gasteiger partial charge on any atom is -0.492 e. The van der Waals surface area contributed by atoms with Crippen molar-refractivity contribution in [1.29, 1.82) is 0 Å². The minimum absolute atomic E-state index is 0.270. The molecular formula is C27H30ClN5O3. The quantitative estimate of drug-likeness (QED) is 0.261. The number of hydrogen-bond donors (Lipinski definition) is 3. The number of amides is 2. The largest absolute Gasteiger partial charge is 0.492 e. The Bertz CT molecular complexity index is 1280. The fourth-order valence-corrected chi connectivity index (χ4v) is 3.56. The Morgan fingerprint density at radius 3 is 2.56 bits per heavy atom. The fraction of sp³-hybridized carbons (Fsp3) is 0.222. The standard InChI is InChI=1S/C27H30ClN5O3/c1-4-7-22(23(28)5-2)27(35)30-20-12-10-18(11-13-20)24-17-25(33(3)32-24)31-26(34)19-8-6-9-21(16-19)36-15-14-29/h5-13,16-17H,4,14-15,29H2,1-3H3,(H,30,35)(H,31,34)/b22-7+,23-5+. The molecule has 0 aliphatic heterocycles. The molecule has 2 aromatic carbocycles. The number of carbonyl (C=O) groups excluding carboxylic acids is 2. The Morgan fingerprint density at radius 1 is 1.14 bits per heavy atom. The van der Waals surface area contributed by atoms with Crippen molar-refractivity contribution < 1.29 is 14.3 Å². The zero-order valence-corrected chi connectivity index (χ0v) is 21.3. The summed E-state index contributed by atoms with van der Waals surface area (Å²) < 4.78 is 7.09. The molecule has 4 N–H and O–H groups in total. The number of carbonyl (C=O) groups is 2. The predicted molar refractivity (Wildman–Crippen MR) is 144 cm³/mol. The molecule has 9 heteroatoms. The van der Waals surface area contributed by atoms with E-state index >= 15 is 0 Å². The van der Waals surface area contributed by atoms with Gasteiger partial charge in [0.1, 0.15) is 18.2 Å². The van der Waals surface area contributed by atoms with Crippen LogP contribution in [-0.4, -0.2) is 34.7 Å². The van der Waals surface area contributed by atoms with E-state index in [1.807, 2.05) is 19.1 Å². The highest BCUT2D eigenvalue weighted by atomic mass is 35.5. The molecule has 1 aromatic heterocycles. The van der Waals surface area contributed by atoms with E-state index in [0.717, 1.165) is 5.56 Å². The lowest BCUT2D eigenvalue weighted by molar-refractivity contribution is -0.112. The first-order chi connectivity index (χ1) is 17.4. The molecule has 0 unspecified atom stereocenters. The highest BCUT2D eigenvalue weighted by Crippen LogP contribution is 2.25. The monoisotopic (exact) mass is 507 g/mol. The molecule has 0 atom stereocenters. The first-order valence-electron chi connectivity index (χ1n) is 11.6. The number of aromatic nitrogens is 2. The summed E-state index contributed by atoms with van der Waals surface area (Å²) in [5.74, 6) is 0.567. The second-order valence-electron chi connectivity index (χ2n) is 7.85. The van der Waals surface area contributed by atoms with Crippen LogP contribution in [0.2, 0.25) is 0 Å². The molecule has 0 saturated heterocycles. The summed E-state index contributed by atoms with van der Waals surface area (Å²) in [4.78, 5) is 25.4. The number of halogens is 1. The van der Waals surface area contributed by atoms with Crippen molar-refractivity contribution >= 4 is 34.9 Å². The summed E-state index contributed by atoms with van der Waals surface area (Å²) in [6.07, 6.45) is 4.17. The third-order valence-corrected chi connectivity index (χ3v) is 5.63. The normalized spacial score (nSPS) is 11.8. The van der Waals surface area contributed by atoms with Gasteiger partial charge in [-0.15, -0.1) is 0 Å². The van der Waals surface area contributed by atoms with Gasteiger partial charge in [-0.05, 0) is 43.7 Å². The molecule has 0 aliphatic rings. The van der Waals surface area contributed by atoms with Crippen molar-refractivity contribution in [3.8, 4) is 17.0 Å². The molecule has 0 saturated carbocycles. The van der Waals surface area contributed by atoms with Crippen LogP contribution in [0.5, 0.6) is 5.75 Å². The number of rotatable bonds is 10. The Balaban J connectivity index is 1.70. The van der Waals surface area contributed by atoms with Gasteiger partial charge in [0.15, 0.2) is 0 Å².